The lowest BCUT2D eigenvalue weighted by Crippen LogP contribution is -2.35. The van der Waals surface area contributed by atoms with Crippen LogP contribution in [0.5, 0.6) is 5.75 Å². The molecule has 1 aromatic carbocycles. The lowest BCUT2D eigenvalue weighted by atomic mass is 10.2. The number of hydrogen-bond acceptors (Lipinski definition) is 5. The first kappa shape index (κ1) is 17.9. The van der Waals surface area contributed by atoms with Gasteiger partial charge in [-0.15, -0.1) is 0 Å². The lowest BCUT2D eigenvalue weighted by Gasteiger charge is -2.21. The Morgan fingerprint density at radius 1 is 1.24 bits per heavy atom. The topological polar surface area (TPSA) is 68.0 Å². The van der Waals surface area contributed by atoms with Gasteiger partial charge in [0.1, 0.15) is 18.5 Å². The quantitative estimate of drug-likeness (QED) is 0.680. The minimum absolute atomic E-state index is 0.239. The summed E-state index contributed by atoms with van der Waals surface area (Å²) in [6.45, 7) is 6.84. The van der Waals surface area contributed by atoms with Crippen LogP contribution in [0.1, 0.15) is 19.4 Å². The van der Waals surface area contributed by atoms with Crippen LogP contribution in [0.4, 0.5) is 0 Å². The summed E-state index contributed by atoms with van der Waals surface area (Å²) in [6.07, 6.45) is -0.286. The Morgan fingerprint density at radius 3 is 2.48 bits per heavy atom. The van der Waals surface area contributed by atoms with Gasteiger partial charge in [0.2, 0.25) is 0 Å². The van der Waals surface area contributed by atoms with Crippen LogP contribution in [0.2, 0.25) is 0 Å². The van der Waals surface area contributed by atoms with Crippen molar-refractivity contribution in [2.45, 2.75) is 32.6 Å². The molecule has 0 heterocycles. The fourth-order valence-electron chi connectivity index (χ4n) is 1.86. The van der Waals surface area contributed by atoms with Gasteiger partial charge in [-0.05, 0) is 38.6 Å². The van der Waals surface area contributed by atoms with E-state index in [0.29, 0.717) is 19.7 Å². The van der Waals surface area contributed by atoms with Crippen molar-refractivity contribution < 1.29 is 14.6 Å². The van der Waals surface area contributed by atoms with Crippen LogP contribution < -0.4 is 10.5 Å². The molecule has 5 heteroatoms. The van der Waals surface area contributed by atoms with E-state index >= 15 is 0 Å². The van der Waals surface area contributed by atoms with E-state index in [9.17, 15) is 5.11 Å². The van der Waals surface area contributed by atoms with Crippen molar-refractivity contribution >= 4 is 0 Å². The average molecular weight is 296 g/mol. The smallest absolute Gasteiger partial charge is 0.119 e. The summed E-state index contributed by atoms with van der Waals surface area (Å²) in [7, 11) is 1.96. The molecule has 3 N–H and O–H groups in total. The third-order valence-electron chi connectivity index (χ3n) is 3.05. The molecule has 1 unspecified atom stereocenters. The Bertz CT molecular complexity index is 382. The zero-order chi connectivity index (χ0) is 15.7. The summed E-state index contributed by atoms with van der Waals surface area (Å²) in [5, 5.41) is 9.96. The molecule has 0 saturated heterocycles. The summed E-state index contributed by atoms with van der Waals surface area (Å²) >= 11 is 0. The van der Waals surface area contributed by atoms with Crippen molar-refractivity contribution in [1.29, 1.82) is 0 Å². The number of hydrogen-bond donors (Lipinski definition) is 2. The number of nitrogens with zero attached hydrogens (tertiary/aromatic N) is 1. The Morgan fingerprint density at radius 2 is 1.90 bits per heavy atom. The second kappa shape index (κ2) is 9.73. The van der Waals surface area contributed by atoms with E-state index in [1.54, 1.807) is 0 Å². The van der Waals surface area contributed by atoms with Crippen molar-refractivity contribution in [2.24, 2.45) is 5.73 Å². The van der Waals surface area contributed by atoms with Crippen LogP contribution >= 0.6 is 0 Å². The van der Waals surface area contributed by atoms with Gasteiger partial charge in [-0.3, -0.25) is 0 Å². The second-order valence-corrected chi connectivity index (χ2v) is 5.49. The molecule has 0 bridgehead atoms. The van der Waals surface area contributed by atoms with Crippen LogP contribution in [0.25, 0.3) is 0 Å². The first-order valence-corrected chi connectivity index (χ1v) is 7.41. The predicted octanol–water partition coefficient (Wildman–Crippen LogP) is 1.24. The standard InChI is InChI=1S/C16H28N2O3/c1-13(2)20-9-8-18(3)11-15(19)12-21-16-6-4-14(10-17)5-7-16/h4-7,13,15,19H,8-12,17H2,1-3H3. The van der Waals surface area contributed by atoms with Gasteiger partial charge in [0.15, 0.2) is 0 Å². The highest BCUT2D eigenvalue weighted by atomic mass is 16.5. The molecule has 5 nitrogen and oxygen atoms in total. The van der Waals surface area contributed by atoms with Crippen LogP contribution in [-0.2, 0) is 11.3 Å². The maximum atomic E-state index is 9.96. The largest absolute Gasteiger partial charge is 0.491 e. The van der Waals surface area contributed by atoms with E-state index in [1.165, 1.54) is 0 Å². The molecule has 21 heavy (non-hydrogen) atoms. The third kappa shape index (κ3) is 8.02. The molecule has 0 aliphatic heterocycles. The van der Waals surface area contributed by atoms with Crippen molar-refractivity contribution in [2.75, 3.05) is 33.4 Å². The fourth-order valence-corrected chi connectivity index (χ4v) is 1.86. The lowest BCUT2D eigenvalue weighted by molar-refractivity contribution is 0.0414. The minimum Gasteiger partial charge on any atom is -0.491 e. The van der Waals surface area contributed by atoms with Gasteiger partial charge in [-0.1, -0.05) is 12.1 Å². The van der Waals surface area contributed by atoms with E-state index in [-0.39, 0.29) is 12.7 Å². The Labute approximate surface area is 127 Å². The number of benzene rings is 1. The van der Waals surface area contributed by atoms with E-state index in [2.05, 4.69) is 0 Å². The van der Waals surface area contributed by atoms with Crippen molar-refractivity contribution in [1.82, 2.24) is 4.90 Å². The Hall–Kier alpha value is -1.14. The molecule has 120 valence electrons. The van der Waals surface area contributed by atoms with Crippen LogP contribution in [-0.4, -0.2) is 55.6 Å². The van der Waals surface area contributed by atoms with Gasteiger partial charge in [0.05, 0.1) is 12.7 Å². The first-order chi connectivity index (χ1) is 10.0. The summed E-state index contributed by atoms with van der Waals surface area (Å²) in [5.74, 6) is 0.747. The molecule has 0 aliphatic rings. The summed E-state index contributed by atoms with van der Waals surface area (Å²) < 4.78 is 11.0. The second-order valence-electron chi connectivity index (χ2n) is 5.49. The molecule has 0 aliphatic carbocycles. The van der Waals surface area contributed by atoms with Gasteiger partial charge in [-0.2, -0.15) is 0 Å². The molecule has 0 fully saturated rings. The fraction of sp³-hybridized carbons (Fsp3) is 0.625. The molecule has 0 radical (unpaired) electrons. The maximum Gasteiger partial charge on any atom is 0.119 e. The molecule has 0 amide bonds. The van der Waals surface area contributed by atoms with Gasteiger partial charge in [0, 0.05) is 19.6 Å². The molecule has 0 aromatic heterocycles. The normalized spacial score (nSPS) is 12.9. The van der Waals surface area contributed by atoms with Crippen LogP contribution in [0.15, 0.2) is 24.3 Å². The number of rotatable bonds is 10. The number of likely N-dealkylation sites (N-methyl/N-ethyl adjacent to an activating group) is 1. The monoisotopic (exact) mass is 296 g/mol. The number of aliphatic hydroxyl groups excluding tert-OH is 1. The number of nitrogens with two attached hydrogens (primary N) is 1. The van der Waals surface area contributed by atoms with E-state index in [4.69, 9.17) is 15.2 Å². The summed E-state index contributed by atoms with van der Waals surface area (Å²) in [6, 6.07) is 7.60. The number of ether oxygens (including phenoxy) is 2. The summed E-state index contributed by atoms with van der Waals surface area (Å²) in [4.78, 5) is 2.04. The number of aliphatic hydroxyl groups is 1. The van der Waals surface area contributed by atoms with Gasteiger partial charge in [-0.25, -0.2) is 0 Å². The predicted molar refractivity (Wildman–Crippen MR) is 84.4 cm³/mol. The highest BCUT2D eigenvalue weighted by molar-refractivity contribution is 5.27. The minimum atomic E-state index is -0.525. The van der Waals surface area contributed by atoms with E-state index in [0.717, 1.165) is 17.9 Å². The molecule has 1 rings (SSSR count). The average Bonchev–Trinajstić information content (AvgIpc) is 2.45. The Balaban J connectivity index is 2.21. The molecular weight excluding hydrogens is 268 g/mol. The molecule has 0 spiro atoms. The van der Waals surface area contributed by atoms with Gasteiger partial charge < -0.3 is 25.2 Å². The van der Waals surface area contributed by atoms with Gasteiger partial charge in [0.25, 0.3) is 0 Å². The van der Waals surface area contributed by atoms with E-state index < -0.39 is 6.10 Å². The molecular formula is C16H28N2O3. The van der Waals surface area contributed by atoms with Crippen molar-refractivity contribution in [3.8, 4) is 5.75 Å². The van der Waals surface area contributed by atoms with Crippen LogP contribution in [0, 0.1) is 0 Å². The Kier molecular flexibility index (Phi) is 8.30. The molecule has 1 aromatic rings. The molecule has 1 atom stereocenters. The zero-order valence-corrected chi connectivity index (χ0v) is 13.3. The highest BCUT2D eigenvalue weighted by Gasteiger charge is 2.09. The summed E-state index contributed by atoms with van der Waals surface area (Å²) in [5.41, 5.74) is 6.60. The van der Waals surface area contributed by atoms with Crippen LogP contribution in [0.3, 0.4) is 0 Å². The zero-order valence-electron chi connectivity index (χ0n) is 13.3. The van der Waals surface area contributed by atoms with Crippen molar-refractivity contribution in [3.05, 3.63) is 29.8 Å². The first-order valence-electron chi connectivity index (χ1n) is 7.41. The SMILES string of the molecule is CC(C)OCCN(C)CC(O)COc1ccc(CN)cc1. The highest BCUT2D eigenvalue weighted by Crippen LogP contribution is 2.12. The van der Waals surface area contributed by atoms with Gasteiger partial charge >= 0.3 is 0 Å². The van der Waals surface area contributed by atoms with Crippen molar-refractivity contribution in [3.63, 3.8) is 0 Å². The maximum absolute atomic E-state index is 9.96. The van der Waals surface area contributed by atoms with E-state index in [1.807, 2.05) is 50.1 Å². The molecule has 0 saturated carbocycles. The third-order valence-corrected chi connectivity index (χ3v) is 3.05.